The Morgan fingerprint density at radius 3 is 0.692 bits per heavy atom. The zero-order chi connectivity index (χ0) is 35.4. The monoisotopic (exact) mass is 734 g/mol. The maximum absolute atomic E-state index is 4.81. The van der Waals surface area contributed by atoms with Gasteiger partial charge in [-0.25, -0.2) is 0 Å². The molecule has 0 unspecified atom stereocenters. The number of aromatic amines is 4. The van der Waals surface area contributed by atoms with Crippen LogP contribution in [0.2, 0.25) is 0 Å². The Bertz CT molecular complexity index is 2340. The van der Waals surface area contributed by atoms with Gasteiger partial charge < -0.3 is 19.9 Å². The van der Waals surface area contributed by atoms with Crippen LogP contribution in [0.4, 0.5) is 0 Å². The number of alkyl halides is 3. The van der Waals surface area contributed by atoms with Gasteiger partial charge in [-0.1, -0.05) is 156 Å². The average Bonchev–Trinajstić information content (AvgIpc) is 4.01. The first-order valence-corrected chi connectivity index (χ1v) is 18.2. The molecule has 4 N–H and O–H groups in total. The molecule has 7 heteroatoms. The fourth-order valence-electron chi connectivity index (χ4n) is 6.99. The zero-order valence-electron chi connectivity index (χ0n) is 27.9. The van der Waals surface area contributed by atoms with E-state index in [1.165, 1.54) is 0 Å². The van der Waals surface area contributed by atoms with Crippen LogP contribution < -0.4 is 21.4 Å². The minimum atomic E-state index is -0.750. The second kappa shape index (κ2) is 14.9. The first-order chi connectivity index (χ1) is 25.5. The van der Waals surface area contributed by atoms with Crippen molar-refractivity contribution in [3.63, 3.8) is 0 Å². The van der Waals surface area contributed by atoms with E-state index in [1.54, 1.807) is 0 Å². The van der Waals surface area contributed by atoms with Gasteiger partial charge in [0.15, 0.2) is 4.30 Å². The van der Waals surface area contributed by atoms with E-state index in [0.717, 1.165) is 88.7 Å². The number of aromatic nitrogens is 4. The highest BCUT2D eigenvalue weighted by atomic mass is 35.6. The van der Waals surface area contributed by atoms with Crippen LogP contribution in [0.5, 0.6) is 0 Å². The zero-order valence-corrected chi connectivity index (χ0v) is 30.1. The molecule has 8 aromatic rings. The lowest BCUT2D eigenvalue weighted by atomic mass is 10.0. The van der Waals surface area contributed by atoms with Crippen LogP contribution in [0, 0.1) is 0 Å². The molecule has 254 valence electrons. The van der Waals surface area contributed by atoms with Crippen molar-refractivity contribution < 1.29 is 0 Å². The molecule has 0 atom stereocenters. The van der Waals surface area contributed by atoms with Gasteiger partial charge in [0.25, 0.3) is 0 Å². The maximum Gasteiger partial charge on any atom is 0.180 e. The van der Waals surface area contributed by atoms with E-state index in [4.69, 9.17) is 34.8 Å². The molecule has 0 fully saturated rings. The Morgan fingerprint density at radius 2 is 0.481 bits per heavy atom. The molecule has 0 saturated carbocycles. The highest BCUT2D eigenvalue weighted by molar-refractivity contribution is 6.63. The van der Waals surface area contributed by atoms with Gasteiger partial charge in [0, 0.05) is 66.5 Å². The van der Waals surface area contributed by atoms with Crippen molar-refractivity contribution in [1.29, 1.82) is 0 Å². The molecule has 0 spiro atoms. The molecule has 0 saturated heterocycles. The minimum Gasteiger partial charge on any atom is -0.354 e. The molecular weight excluding hydrogens is 703 g/mol. The van der Waals surface area contributed by atoms with Gasteiger partial charge in [-0.05, 0) is 70.8 Å². The number of halogens is 3. The third-order valence-electron chi connectivity index (χ3n) is 9.15. The lowest BCUT2D eigenvalue weighted by molar-refractivity contribution is 1.19. The third-order valence-corrected chi connectivity index (χ3v) is 9.15. The van der Waals surface area contributed by atoms with Crippen molar-refractivity contribution >= 4 is 57.1 Å². The van der Waals surface area contributed by atoms with Crippen molar-refractivity contribution in [1.82, 2.24) is 19.9 Å². The van der Waals surface area contributed by atoms with E-state index in [0.29, 0.717) is 0 Å². The predicted molar refractivity (Wildman–Crippen MR) is 215 cm³/mol. The van der Waals surface area contributed by atoms with Gasteiger partial charge in [-0.15, -0.1) is 0 Å². The van der Waals surface area contributed by atoms with Crippen LogP contribution in [0.3, 0.4) is 0 Å². The molecule has 4 aromatic heterocycles. The molecule has 52 heavy (non-hydrogen) atoms. The quantitative estimate of drug-likeness (QED) is 0.132. The van der Waals surface area contributed by atoms with Crippen molar-refractivity contribution in [3.05, 3.63) is 236 Å². The smallest absolute Gasteiger partial charge is 0.180 e. The number of hydrogen-bond donors (Lipinski definition) is 4. The van der Waals surface area contributed by atoms with E-state index in [9.17, 15) is 0 Å². The van der Waals surface area contributed by atoms with E-state index in [1.807, 2.05) is 0 Å². The Balaban J connectivity index is 0.000000922. The maximum atomic E-state index is 4.81. The summed E-state index contributed by atoms with van der Waals surface area (Å²) in [5, 5.41) is 4.16. The van der Waals surface area contributed by atoms with Crippen molar-refractivity contribution in [3.8, 4) is 0 Å². The van der Waals surface area contributed by atoms with Gasteiger partial charge in [-0.3, -0.25) is 0 Å². The number of rotatable bonds is 4. The standard InChI is InChI=1S/C44H32N4.CHCl3/c1-5-13-29(14-6-1)41-33-21-23-35(45-33)42(30-15-7-2-8-16-30)37-25-27-39(47-37)44(32-19-11-4-12-20-32)40-28-26-38(48-40)43(31-17-9-3-10-18-31)36-24-22-34(41)46-36;2-1(3)4/h1-28,45-48H;1H. The topological polar surface area (TPSA) is 63.2 Å². The number of benzene rings is 4. The number of H-pyrrole nitrogens is 4. The summed E-state index contributed by atoms with van der Waals surface area (Å²) in [4.78, 5) is 15.4. The summed E-state index contributed by atoms with van der Waals surface area (Å²) in [6.45, 7) is 0. The highest BCUT2D eigenvalue weighted by Crippen LogP contribution is 2.27. The second-order valence-electron chi connectivity index (χ2n) is 12.4. The lowest BCUT2D eigenvalue weighted by Crippen LogP contribution is -2.19. The van der Waals surface area contributed by atoms with E-state index in [2.05, 4.69) is 190 Å². The Kier molecular flexibility index (Phi) is 9.60. The molecule has 4 nitrogen and oxygen atoms in total. The number of nitrogens with one attached hydrogen (secondary N) is 4. The fourth-order valence-corrected chi connectivity index (χ4v) is 6.99. The Hall–Kier alpha value is -5.65. The largest absolute Gasteiger partial charge is 0.354 e. The molecule has 5 heterocycles. The summed E-state index contributed by atoms with van der Waals surface area (Å²) in [6, 6.07) is 60.0. The van der Waals surface area contributed by atoms with Gasteiger partial charge in [0.1, 0.15) is 0 Å². The number of hydrogen-bond acceptors (Lipinski definition) is 0. The first kappa shape index (κ1) is 33.5. The third kappa shape index (κ3) is 6.84. The summed E-state index contributed by atoms with van der Waals surface area (Å²) >= 11 is 14.4. The summed E-state index contributed by atoms with van der Waals surface area (Å²) in [5.74, 6) is 0. The predicted octanol–water partition coefficient (Wildman–Crippen LogP) is 8.29. The van der Waals surface area contributed by atoms with Crippen LogP contribution in [0.15, 0.2) is 170 Å². The van der Waals surface area contributed by atoms with Gasteiger partial charge >= 0.3 is 0 Å². The highest BCUT2D eigenvalue weighted by Gasteiger charge is 2.18. The molecule has 1 aliphatic rings. The van der Waals surface area contributed by atoms with Crippen molar-refractivity contribution in [2.24, 2.45) is 0 Å². The van der Waals surface area contributed by atoms with Crippen molar-refractivity contribution in [2.45, 2.75) is 4.30 Å². The summed E-state index contributed by atoms with van der Waals surface area (Å²) < 4.78 is -0.750. The Labute approximate surface area is 316 Å². The van der Waals surface area contributed by atoms with Crippen LogP contribution in [-0.2, 0) is 0 Å². The molecule has 0 radical (unpaired) electrons. The molecule has 9 rings (SSSR count). The second-order valence-corrected chi connectivity index (χ2v) is 14.3. The number of fused-ring (bicyclic) bond motifs is 8. The molecular formula is C45H33Cl3N4. The van der Waals surface area contributed by atoms with Gasteiger partial charge in [0.2, 0.25) is 0 Å². The lowest BCUT2D eigenvalue weighted by Gasteiger charge is -2.09. The molecule has 8 bridgehead atoms. The molecule has 1 aliphatic heterocycles. The Morgan fingerprint density at radius 1 is 0.269 bits per heavy atom. The molecule has 0 amide bonds. The minimum absolute atomic E-state index is 0.750. The normalized spacial score (nSPS) is 12.5. The van der Waals surface area contributed by atoms with Gasteiger partial charge in [0.05, 0.1) is 0 Å². The SMILES string of the molecule is ClC(Cl)Cl.c1ccc(C2=c3ccc([nH]3)=C(c3ccccc3)c3ccc([nH]3)C(c3ccccc3)=c3ccc([nH]3)=C(c3ccccc3)c3ccc2[nH]3)cc1. The van der Waals surface area contributed by atoms with Crippen LogP contribution >= 0.6 is 34.8 Å². The van der Waals surface area contributed by atoms with Crippen molar-refractivity contribution in [2.75, 3.05) is 0 Å². The van der Waals surface area contributed by atoms with Gasteiger partial charge in [-0.2, -0.15) is 0 Å². The summed E-state index contributed by atoms with van der Waals surface area (Å²) in [5.41, 5.74) is 13.1. The summed E-state index contributed by atoms with van der Waals surface area (Å²) in [6.07, 6.45) is 0. The average molecular weight is 736 g/mol. The first-order valence-electron chi connectivity index (χ1n) is 16.9. The van der Waals surface area contributed by atoms with E-state index < -0.39 is 4.30 Å². The molecule has 0 aliphatic carbocycles. The van der Waals surface area contributed by atoms with Crippen LogP contribution in [-0.4, -0.2) is 24.2 Å². The van der Waals surface area contributed by atoms with E-state index >= 15 is 0 Å². The van der Waals surface area contributed by atoms with Crippen LogP contribution in [0.25, 0.3) is 22.3 Å². The summed E-state index contributed by atoms with van der Waals surface area (Å²) in [7, 11) is 0. The van der Waals surface area contributed by atoms with Crippen LogP contribution in [0.1, 0.15) is 45.0 Å². The van der Waals surface area contributed by atoms with E-state index in [-0.39, 0.29) is 0 Å². The molecule has 4 aromatic carbocycles. The fraction of sp³-hybridized carbons (Fsp3) is 0.0222.